The summed E-state index contributed by atoms with van der Waals surface area (Å²) in [7, 11) is 0. The average Bonchev–Trinajstić information content (AvgIpc) is 1.89. The minimum absolute atomic E-state index is 0.163. The lowest BCUT2D eigenvalue weighted by atomic mass is 10.2. The molecule has 54 valence electrons. The van der Waals surface area contributed by atoms with E-state index in [2.05, 4.69) is 3.07 Å². The monoisotopic (exact) mass is 243 g/mol. The smallest absolute Gasteiger partial charge is 0.315 e. The highest BCUT2D eigenvalue weighted by molar-refractivity contribution is 14.1. The van der Waals surface area contributed by atoms with Crippen molar-refractivity contribution < 1.29 is 7.86 Å². The number of nitrogens with two attached hydrogens (primary N) is 1. The molecule has 0 fully saturated rings. The fraction of sp³-hybridized carbons (Fsp3) is 0.800. The lowest BCUT2D eigenvalue weighted by molar-refractivity contribution is -0.131. The van der Waals surface area contributed by atoms with Crippen LogP contribution in [-0.4, -0.2) is 12.5 Å². The maximum absolute atomic E-state index is 10.4. The van der Waals surface area contributed by atoms with Crippen molar-refractivity contribution in [3.05, 3.63) is 0 Å². The number of unbranched alkanes of at least 4 members (excludes halogenated alkanes) is 1. The van der Waals surface area contributed by atoms with Crippen molar-refractivity contribution >= 4 is 29.0 Å². The van der Waals surface area contributed by atoms with Crippen molar-refractivity contribution in [1.29, 1.82) is 0 Å². The molecule has 0 spiro atoms. The summed E-state index contributed by atoms with van der Waals surface area (Å²) in [5.41, 5.74) is 5.20. The van der Waals surface area contributed by atoms with Crippen molar-refractivity contribution in [3.63, 3.8) is 0 Å². The Kier molecular flexibility index (Phi) is 6.39. The highest BCUT2D eigenvalue weighted by Gasteiger charge is 1.97. The van der Waals surface area contributed by atoms with Crippen LogP contribution < -0.4 is 5.73 Å². The number of hydrogen-bond donors (Lipinski definition) is 1. The summed E-state index contributed by atoms with van der Waals surface area (Å²) in [6.45, 7) is 0.647. The summed E-state index contributed by atoms with van der Waals surface area (Å²) in [5, 5.41) is 0. The van der Waals surface area contributed by atoms with Crippen LogP contribution in [0.1, 0.15) is 19.3 Å². The largest absolute Gasteiger partial charge is 0.394 e. The molecule has 0 saturated heterocycles. The molecule has 4 heteroatoms. The van der Waals surface area contributed by atoms with Crippen molar-refractivity contribution in [1.82, 2.24) is 0 Å². The zero-order valence-electron chi connectivity index (χ0n) is 5.10. The van der Waals surface area contributed by atoms with Crippen LogP contribution in [-0.2, 0) is 7.86 Å². The molecule has 0 unspecified atom stereocenters. The fourth-order valence-corrected chi connectivity index (χ4v) is 0.672. The maximum atomic E-state index is 10.4. The van der Waals surface area contributed by atoms with Crippen molar-refractivity contribution in [3.8, 4) is 0 Å². The van der Waals surface area contributed by atoms with E-state index in [1.54, 1.807) is 23.0 Å². The van der Waals surface area contributed by atoms with E-state index in [-0.39, 0.29) is 5.97 Å². The molecule has 3 nitrogen and oxygen atoms in total. The third-order valence-corrected chi connectivity index (χ3v) is 1.41. The van der Waals surface area contributed by atoms with Crippen molar-refractivity contribution in [2.24, 2.45) is 5.73 Å². The topological polar surface area (TPSA) is 52.3 Å². The first-order valence-corrected chi connectivity index (χ1v) is 3.71. The zero-order valence-corrected chi connectivity index (χ0v) is 7.26. The van der Waals surface area contributed by atoms with Crippen LogP contribution in [0, 0.1) is 0 Å². The van der Waals surface area contributed by atoms with Crippen LogP contribution >= 0.6 is 23.0 Å². The molecular formula is C5H10INO2. The van der Waals surface area contributed by atoms with Gasteiger partial charge >= 0.3 is 5.97 Å². The minimum atomic E-state index is -0.163. The first kappa shape index (κ1) is 9.16. The molecule has 0 aromatic carbocycles. The number of halogens is 1. The third kappa shape index (κ3) is 6.04. The molecule has 0 aromatic heterocycles. The van der Waals surface area contributed by atoms with E-state index in [4.69, 9.17) is 5.73 Å². The molecule has 0 aliphatic carbocycles. The Bertz CT molecular complexity index is 87.0. The summed E-state index contributed by atoms with van der Waals surface area (Å²) in [4.78, 5) is 10.4. The van der Waals surface area contributed by atoms with Gasteiger partial charge in [-0.1, -0.05) is 0 Å². The van der Waals surface area contributed by atoms with Crippen LogP contribution in [0.15, 0.2) is 0 Å². The maximum Gasteiger partial charge on any atom is 0.315 e. The SMILES string of the molecule is NCCCCC(=O)OI. The predicted octanol–water partition coefficient (Wildman–Crippen LogP) is 1.01. The van der Waals surface area contributed by atoms with E-state index in [1.165, 1.54) is 0 Å². The standard InChI is InChI=1S/C5H10INO2/c6-9-5(8)3-1-2-4-7/h1-4,7H2. The molecule has 9 heavy (non-hydrogen) atoms. The summed E-state index contributed by atoms with van der Waals surface area (Å²) < 4.78 is 4.39. The third-order valence-electron chi connectivity index (χ3n) is 0.921. The second-order valence-electron chi connectivity index (χ2n) is 1.69. The van der Waals surface area contributed by atoms with Gasteiger partial charge in [0, 0.05) is 6.42 Å². The molecule has 0 radical (unpaired) electrons. The van der Waals surface area contributed by atoms with E-state index in [0.29, 0.717) is 13.0 Å². The molecule has 0 rings (SSSR count). The summed E-state index contributed by atoms with van der Waals surface area (Å²) in [6, 6.07) is 0. The zero-order chi connectivity index (χ0) is 7.11. The van der Waals surface area contributed by atoms with Gasteiger partial charge in [0.2, 0.25) is 0 Å². The van der Waals surface area contributed by atoms with E-state index >= 15 is 0 Å². The fourth-order valence-electron chi connectivity index (χ4n) is 0.452. The molecule has 0 bridgehead atoms. The van der Waals surface area contributed by atoms with Crippen molar-refractivity contribution in [2.45, 2.75) is 19.3 Å². The van der Waals surface area contributed by atoms with Gasteiger partial charge in [-0.15, -0.1) is 0 Å². The minimum Gasteiger partial charge on any atom is -0.394 e. The molecule has 0 aromatic rings. The number of rotatable bonds is 4. The Labute approximate surface area is 68.6 Å². The Morgan fingerprint density at radius 3 is 2.67 bits per heavy atom. The molecule has 0 atom stereocenters. The molecule has 0 heterocycles. The first-order chi connectivity index (χ1) is 4.31. The Balaban J connectivity index is 2.97. The van der Waals surface area contributed by atoms with Gasteiger partial charge in [-0.3, -0.25) is 4.79 Å². The Morgan fingerprint density at radius 2 is 2.22 bits per heavy atom. The molecule has 0 aliphatic heterocycles. The second-order valence-corrected chi connectivity index (χ2v) is 2.14. The van der Waals surface area contributed by atoms with Crippen LogP contribution in [0.4, 0.5) is 0 Å². The molecule has 0 amide bonds. The molecular weight excluding hydrogens is 233 g/mol. The normalized spacial score (nSPS) is 9.11. The van der Waals surface area contributed by atoms with Gasteiger partial charge in [0.1, 0.15) is 0 Å². The molecule has 0 saturated carbocycles. The van der Waals surface area contributed by atoms with Crippen LogP contribution in [0.5, 0.6) is 0 Å². The first-order valence-electron chi connectivity index (χ1n) is 2.82. The number of hydrogen-bond acceptors (Lipinski definition) is 3. The van der Waals surface area contributed by atoms with E-state index < -0.39 is 0 Å². The van der Waals surface area contributed by atoms with Gasteiger partial charge in [-0.25, -0.2) is 0 Å². The lowest BCUT2D eigenvalue weighted by Crippen LogP contribution is -2.01. The predicted molar refractivity (Wildman–Crippen MR) is 43.0 cm³/mol. The van der Waals surface area contributed by atoms with E-state index in [1.807, 2.05) is 0 Å². The highest BCUT2D eigenvalue weighted by Crippen LogP contribution is 1.98. The van der Waals surface area contributed by atoms with Crippen molar-refractivity contribution in [2.75, 3.05) is 6.54 Å². The number of carbonyl (C=O) groups is 1. The van der Waals surface area contributed by atoms with Crippen LogP contribution in [0.2, 0.25) is 0 Å². The Morgan fingerprint density at radius 1 is 1.56 bits per heavy atom. The summed E-state index contributed by atoms with van der Waals surface area (Å²) in [6.07, 6.45) is 2.21. The van der Waals surface area contributed by atoms with Crippen LogP contribution in [0.3, 0.4) is 0 Å². The van der Waals surface area contributed by atoms with Gasteiger partial charge < -0.3 is 8.80 Å². The van der Waals surface area contributed by atoms with E-state index in [0.717, 1.165) is 12.8 Å². The number of carbonyl (C=O) groups excluding carboxylic acids is 1. The van der Waals surface area contributed by atoms with E-state index in [9.17, 15) is 4.79 Å². The second kappa shape index (κ2) is 6.28. The van der Waals surface area contributed by atoms with Crippen LogP contribution in [0.25, 0.3) is 0 Å². The summed E-state index contributed by atoms with van der Waals surface area (Å²) >= 11 is 1.58. The molecule has 2 N–H and O–H groups in total. The molecule has 0 aliphatic rings. The van der Waals surface area contributed by atoms with Gasteiger partial charge in [-0.2, -0.15) is 0 Å². The average molecular weight is 243 g/mol. The van der Waals surface area contributed by atoms with Gasteiger partial charge in [-0.05, 0) is 19.4 Å². The summed E-state index contributed by atoms with van der Waals surface area (Å²) in [5.74, 6) is -0.163. The Hall–Kier alpha value is 0.160. The van der Waals surface area contributed by atoms with Gasteiger partial charge in [0.25, 0.3) is 0 Å². The van der Waals surface area contributed by atoms with Gasteiger partial charge in [0.15, 0.2) is 23.0 Å². The highest BCUT2D eigenvalue weighted by atomic mass is 127. The quantitative estimate of drug-likeness (QED) is 0.592. The van der Waals surface area contributed by atoms with Gasteiger partial charge in [0.05, 0.1) is 0 Å². The lowest BCUT2D eigenvalue weighted by Gasteiger charge is -1.93.